The molecule has 4 nitrogen and oxygen atoms in total. The second-order valence-corrected chi connectivity index (χ2v) is 4.34. The Morgan fingerprint density at radius 3 is 2.32 bits per heavy atom. The maximum Gasteiger partial charge on any atom is 0.256 e. The summed E-state index contributed by atoms with van der Waals surface area (Å²) in [4.78, 5) is 13.7. The summed E-state index contributed by atoms with van der Waals surface area (Å²) >= 11 is 5.66. The molecule has 0 bridgehead atoms. The zero-order valence-electron chi connectivity index (χ0n) is 11.0. The molecule has 1 amide bonds. The zero-order valence-corrected chi connectivity index (χ0v) is 11.7. The summed E-state index contributed by atoms with van der Waals surface area (Å²) in [5.74, 6) is -1.03. The third kappa shape index (κ3) is 4.78. The summed E-state index contributed by atoms with van der Waals surface area (Å²) in [6.45, 7) is 1.51. The van der Waals surface area contributed by atoms with Gasteiger partial charge in [-0.15, -0.1) is 0 Å². The molecule has 1 aromatic carbocycles. The van der Waals surface area contributed by atoms with E-state index in [-0.39, 0.29) is 10.6 Å². The lowest BCUT2D eigenvalue weighted by molar-refractivity contribution is 0.0623. The average Bonchev–Trinajstić information content (AvgIpc) is 2.38. The summed E-state index contributed by atoms with van der Waals surface area (Å²) in [6, 6.07) is 3.99. The Hall–Kier alpha value is -1.17. The summed E-state index contributed by atoms with van der Waals surface area (Å²) in [6.07, 6.45) is 0. The van der Waals surface area contributed by atoms with Crippen LogP contribution in [-0.2, 0) is 9.47 Å². The van der Waals surface area contributed by atoms with Gasteiger partial charge in [-0.2, -0.15) is 0 Å². The molecule has 0 saturated heterocycles. The molecule has 106 valence electrons. The molecule has 0 atom stereocenters. The standard InChI is InChI=1S/C13H17ClFNO3/c1-18-7-5-16(6-8-19-2)13(17)11-4-3-10(14)9-12(11)15/h3-4,9H,5-8H2,1-2H3. The lowest BCUT2D eigenvalue weighted by atomic mass is 10.2. The highest BCUT2D eigenvalue weighted by atomic mass is 35.5. The van der Waals surface area contributed by atoms with Crippen molar-refractivity contribution in [2.75, 3.05) is 40.5 Å². The second kappa shape index (κ2) is 8.09. The van der Waals surface area contributed by atoms with Gasteiger partial charge in [-0.05, 0) is 18.2 Å². The fraction of sp³-hybridized carbons (Fsp3) is 0.462. The van der Waals surface area contributed by atoms with Crippen molar-refractivity contribution in [1.29, 1.82) is 0 Å². The van der Waals surface area contributed by atoms with Crippen molar-refractivity contribution in [2.45, 2.75) is 0 Å². The number of halogens is 2. The molecule has 1 rings (SSSR count). The highest BCUT2D eigenvalue weighted by Gasteiger charge is 2.19. The van der Waals surface area contributed by atoms with Crippen molar-refractivity contribution in [3.05, 3.63) is 34.6 Å². The first kappa shape index (κ1) is 15.9. The van der Waals surface area contributed by atoms with Gasteiger partial charge < -0.3 is 14.4 Å². The van der Waals surface area contributed by atoms with Crippen LogP contribution in [0.2, 0.25) is 5.02 Å². The normalized spacial score (nSPS) is 10.5. The van der Waals surface area contributed by atoms with Gasteiger partial charge in [0.05, 0.1) is 18.8 Å². The summed E-state index contributed by atoms with van der Waals surface area (Å²) < 4.78 is 23.6. The number of hydrogen-bond acceptors (Lipinski definition) is 3. The van der Waals surface area contributed by atoms with Crippen molar-refractivity contribution < 1.29 is 18.7 Å². The SMILES string of the molecule is COCCN(CCOC)C(=O)c1ccc(Cl)cc1F. The molecule has 0 spiro atoms. The van der Waals surface area contributed by atoms with Crippen LogP contribution in [0.15, 0.2) is 18.2 Å². The summed E-state index contributed by atoms with van der Waals surface area (Å²) in [5, 5.41) is 0.259. The average molecular weight is 290 g/mol. The molecule has 19 heavy (non-hydrogen) atoms. The molecule has 0 fully saturated rings. The molecule has 0 aromatic heterocycles. The van der Waals surface area contributed by atoms with Crippen molar-refractivity contribution in [3.8, 4) is 0 Å². The van der Waals surface area contributed by atoms with E-state index in [1.54, 1.807) is 14.2 Å². The Kier molecular flexibility index (Phi) is 6.77. The largest absolute Gasteiger partial charge is 0.383 e. The lowest BCUT2D eigenvalue weighted by Crippen LogP contribution is -2.36. The smallest absolute Gasteiger partial charge is 0.256 e. The molecule has 6 heteroatoms. The van der Waals surface area contributed by atoms with Crippen LogP contribution in [0.3, 0.4) is 0 Å². The van der Waals surface area contributed by atoms with Gasteiger partial charge in [0.25, 0.3) is 5.91 Å². The van der Waals surface area contributed by atoms with Crippen LogP contribution in [0, 0.1) is 5.82 Å². The maximum atomic E-state index is 13.7. The van der Waals surface area contributed by atoms with Crippen LogP contribution in [-0.4, -0.2) is 51.3 Å². The van der Waals surface area contributed by atoms with E-state index < -0.39 is 11.7 Å². The van der Waals surface area contributed by atoms with E-state index in [1.807, 2.05) is 0 Å². The number of ether oxygens (including phenoxy) is 2. The predicted molar refractivity (Wildman–Crippen MR) is 71.1 cm³/mol. The third-order valence-electron chi connectivity index (χ3n) is 2.58. The molecule has 1 aromatic rings. The number of carbonyl (C=O) groups is 1. The number of carbonyl (C=O) groups excluding carboxylic acids is 1. The Morgan fingerprint density at radius 1 is 1.26 bits per heavy atom. The van der Waals surface area contributed by atoms with Crippen LogP contribution in [0.25, 0.3) is 0 Å². The van der Waals surface area contributed by atoms with E-state index in [2.05, 4.69) is 0 Å². The van der Waals surface area contributed by atoms with Crippen LogP contribution >= 0.6 is 11.6 Å². The summed E-state index contributed by atoms with van der Waals surface area (Å²) in [7, 11) is 3.09. The van der Waals surface area contributed by atoms with Gasteiger partial charge in [-0.25, -0.2) is 4.39 Å². The first-order valence-electron chi connectivity index (χ1n) is 5.82. The van der Waals surface area contributed by atoms with Crippen LogP contribution < -0.4 is 0 Å². The maximum absolute atomic E-state index is 13.7. The molecule has 0 N–H and O–H groups in total. The van der Waals surface area contributed by atoms with Crippen molar-refractivity contribution in [1.82, 2.24) is 4.90 Å². The predicted octanol–water partition coefficient (Wildman–Crippen LogP) is 2.21. The fourth-order valence-corrected chi connectivity index (χ4v) is 1.71. The lowest BCUT2D eigenvalue weighted by Gasteiger charge is -2.22. The minimum Gasteiger partial charge on any atom is -0.383 e. The Morgan fingerprint density at radius 2 is 1.84 bits per heavy atom. The van der Waals surface area contributed by atoms with E-state index in [1.165, 1.54) is 17.0 Å². The fourth-order valence-electron chi connectivity index (χ4n) is 1.55. The van der Waals surface area contributed by atoms with E-state index in [0.29, 0.717) is 26.3 Å². The minimum atomic E-state index is -0.627. The van der Waals surface area contributed by atoms with Gasteiger partial charge in [-0.3, -0.25) is 4.79 Å². The number of methoxy groups -OCH3 is 2. The highest BCUT2D eigenvalue weighted by molar-refractivity contribution is 6.30. The van der Waals surface area contributed by atoms with Crippen LogP contribution in [0.4, 0.5) is 4.39 Å². The zero-order chi connectivity index (χ0) is 14.3. The first-order chi connectivity index (χ1) is 9.10. The number of rotatable bonds is 7. The molecule has 0 unspecified atom stereocenters. The van der Waals surface area contributed by atoms with Crippen molar-refractivity contribution in [2.24, 2.45) is 0 Å². The van der Waals surface area contributed by atoms with Gasteiger partial charge in [0.15, 0.2) is 0 Å². The molecular formula is C13H17ClFNO3. The molecule has 0 heterocycles. The number of hydrogen-bond donors (Lipinski definition) is 0. The Labute approximate surface area is 117 Å². The topological polar surface area (TPSA) is 38.8 Å². The van der Waals surface area contributed by atoms with Crippen LogP contribution in [0.5, 0.6) is 0 Å². The number of nitrogens with zero attached hydrogens (tertiary/aromatic N) is 1. The van der Waals surface area contributed by atoms with Crippen LogP contribution in [0.1, 0.15) is 10.4 Å². The van der Waals surface area contributed by atoms with E-state index in [0.717, 1.165) is 6.07 Å². The van der Waals surface area contributed by atoms with Gasteiger partial charge >= 0.3 is 0 Å². The van der Waals surface area contributed by atoms with Crippen molar-refractivity contribution in [3.63, 3.8) is 0 Å². The molecular weight excluding hydrogens is 273 g/mol. The number of benzene rings is 1. The molecule has 0 radical (unpaired) electrons. The summed E-state index contributed by atoms with van der Waals surface area (Å²) in [5.41, 5.74) is -0.00314. The van der Waals surface area contributed by atoms with Gasteiger partial charge in [0, 0.05) is 32.3 Å². The Balaban J connectivity index is 2.84. The van der Waals surface area contributed by atoms with Gasteiger partial charge in [0.1, 0.15) is 5.82 Å². The first-order valence-corrected chi connectivity index (χ1v) is 6.20. The minimum absolute atomic E-state index is 0.00314. The Bertz CT molecular complexity index is 420. The molecule has 0 saturated carbocycles. The third-order valence-corrected chi connectivity index (χ3v) is 2.81. The van der Waals surface area contributed by atoms with Gasteiger partial charge in [0.2, 0.25) is 0 Å². The van der Waals surface area contributed by atoms with E-state index >= 15 is 0 Å². The quantitative estimate of drug-likeness (QED) is 0.772. The monoisotopic (exact) mass is 289 g/mol. The molecule has 0 aliphatic rings. The van der Waals surface area contributed by atoms with Crippen molar-refractivity contribution >= 4 is 17.5 Å². The highest BCUT2D eigenvalue weighted by Crippen LogP contribution is 2.16. The van der Waals surface area contributed by atoms with Gasteiger partial charge in [-0.1, -0.05) is 11.6 Å². The second-order valence-electron chi connectivity index (χ2n) is 3.90. The van der Waals surface area contributed by atoms with E-state index in [4.69, 9.17) is 21.1 Å². The molecule has 0 aliphatic heterocycles. The molecule has 0 aliphatic carbocycles. The number of amides is 1. The van der Waals surface area contributed by atoms with E-state index in [9.17, 15) is 9.18 Å².